The van der Waals surface area contributed by atoms with E-state index in [9.17, 15) is 4.79 Å². The lowest BCUT2D eigenvalue weighted by atomic mass is 9.74. The van der Waals surface area contributed by atoms with Crippen LogP contribution in [0.15, 0.2) is 18.3 Å². The molecule has 29 heavy (non-hydrogen) atoms. The number of anilines is 1. The molecule has 4 rings (SSSR count). The lowest BCUT2D eigenvalue weighted by Crippen LogP contribution is -2.48. The minimum absolute atomic E-state index is 0.144. The average molecular weight is 401 g/mol. The third kappa shape index (κ3) is 4.09. The molecule has 0 N–H and O–H groups in total. The Morgan fingerprint density at radius 3 is 2.62 bits per heavy atom. The Labute approximate surface area is 175 Å². The van der Waals surface area contributed by atoms with Crippen LogP contribution in [0, 0.1) is 5.92 Å². The fraction of sp³-hybridized carbons (Fsp3) is 0.739. The monoisotopic (exact) mass is 400 g/mol. The van der Waals surface area contributed by atoms with Crippen LogP contribution in [-0.4, -0.2) is 72.8 Å². The Balaban J connectivity index is 1.31. The Bertz CT molecular complexity index is 707. The van der Waals surface area contributed by atoms with Crippen LogP contribution in [0.3, 0.4) is 0 Å². The lowest BCUT2D eigenvalue weighted by molar-refractivity contribution is 0.0797. The standard InChI is InChI=1S/C23H36N4O2/c1-4-29-22(28)26-12-7-19(8-13-26)16-25-14-9-23(10-15-25)17-27(18(2)3)21-20(23)6-5-11-24-21/h5-6,11,18-19H,4,7-10,12-17H2,1-3H3. The molecule has 0 aliphatic carbocycles. The highest BCUT2D eigenvalue weighted by molar-refractivity contribution is 5.67. The smallest absolute Gasteiger partial charge is 0.409 e. The van der Waals surface area contributed by atoms with E-state index >= 15 is 0 Å². The van der Waals surface area contributed by atoms with Crippen molar-refractivity contribution in [2.24, 2.45) is 5.92 Å². The van der Waals surface area contributed by atoms with Gasteiger partial charge in [-0.25, -0.2) is 9.78 Å². The summed E-state index contributed by atoms with van der Waals surface area (Å²) >= 11 is 0. The maximum atomic E-state index is 11.9. The van der Waals surface area contributed by atoms with E-state index in [1.165, 1.54) is 43.9 Å². The van der Waals surface area contributed by atoms with Crippen molar-refractivity contribution in [1.29, 1.82) is 0 Å². The number of carbonyl (C=O) groups excluding carboxylic acids is 1. The Kier molecular flexibility index (Phi) is 6.00. The molecule has 3 aliphatic heterocycles. The second kappa shape index (κ2) is 8.50. The number of amides is 1. The van der Waals surface area contributed by atoms with Crippen molar-refractivity contribution in [3.05, 3.63) is 23.9 Å². The van der Waals surface area contributed by atoms with Crippen LogP contribution in [0.1, 0.15) is 52.0 Å². The second-order valence-electron chi connectivity index (χ2n) is 9.31. The number of hydrogen-bond acceptors (Lipinski definition) is 5. The third-order valence-electron chi connectivity index (χ3n) is 7.20. The van der Waals surface area contributed by atoms with Gasteiger partial charge in [0.25, 0.3) is 0 Å². The van der Waals surface area contributed by atoms with Crippen LogP contribution < -0.4 is 4.90 Å². The number of rotatable bonds is 4. The molecule has 1 spiro atoms. The van der Waals surface area contributed by atoms with E-state index in [4.69, 9.17) is 9.72 Å². The van der Waals surface area contributed by atoms with Gasteiger partial charge in [-0.15, -0.1) is 0 Å². The minimum Gasteiger partial charge on any atom is -0.450 e. The van der Waals surface area contributed by atoms with Gasteiger partial charge in [0.05, 0.1) is 6.61 Å². The van der Waals surface area contributed by atoms with Crippen LogP contribution in [0.25, 0.3) is 0 Å². The summed E-state index contributed by atoms with van der Waals surface area (Å²) in [6.45, 7) is 13.2. The number of ether oxygens (including phenoxy) is 1. The molecule has 0 bridgehead atoms. The Morgan fingerprint density at radius 2 is 1.97 bits per heavy atom. The third-order valence-corrected chi connectivity index (χ3v) is 7.20. The highest BCUT2D eigenvalue weighted by Crippen LogP contribution is 2.46. The first kappa shape index (κ1) is 20.5. The number of fused-ring (bicyclic) bond motifs is 2. The quantitative estimate of drug-likeness (QED) is 0.774. The SMILES string of the molecule is CCOC(=O)N1CCC(CN2CCC3(CC2)CN(C(C)C)c2ncccc23)CC1. The highest BCUT2D eigenvalue weighted by Gasteiger charge is 2.46. The van der Waals surface area contributed by atoms with E-state index in [0.717, 1.165) is 32.5 Å². The fourth-order valence-electron chi connectivity index (χ4n) is 5.42. The molecule has 0 atom stereocenters. The van der Waals surface area contributed by atoms with E-state index < -0.39 is 0 Å². The van der Waals surface area contributed by atoms with Crippen molar-refractivity contribution in [3.63, 3.8) is 0 Å². The van der Waals surface area contributed by atoms with Gasteiger partial charge in [-0.1, -0.05) is 6.07 Å². The first-order chi connectivity index (χ1) is 14.0. The van der Waals surface area contributed by atoms with Crippen molar-refractivity contribution in [1.82, 2.24) is 14.8 Å². The van der Waals surface area contributed by atoms with Gasteiger partial charge in [-0.2, -0.15) is 0 Å². The van der Waals surface area contributed by atoms with Crippen LogP contribution in [0.5, 0.6) is 0 Å². The molecule has 4 heterocycles. The molecule has 160 valence electrons. The molecule has 0 aromatic carbocycles. The topological polar surface area (TPSA) is 48.9 Å². The molecule has 6 heteroatoms. The number of hydrogen-bond donors (Lipinski definition) is 0. The summed E-state index contributed by atoms with van der Waals surface area (Å²) in [7, 11) is 0. The summed E-state index contributed by atoms with van der Waals surface area (Å²) in [6, 6.07) is 4.91. The van der Waals surface area contributed by atoms with Crippen molar-refractivity contribution < 1.29 is 9.53 Å². The lowest BCUT2D eigenvalue weighted by Gasteiger charge is -2.42. The zero-order valence-corrected chi connectivity index (χ0v) is 18.3. The maximum absolute atomic E-state index is 11.9. The molecule has 1 amide bonds. The summed E-state index contributed by atoms with van der Waals surface area (Å²) < 4.78 is 5.14. The van der Waals surface area contributed by atoms with Gasteiger partial charge in [0, 0.05) is 49.4 Å². The number of piperidine rings is 2. The predicted molar refractivity (Wildman–Crippen MR) is 115 cm³/mol. The molecule has 2 fully saturated rings. The Morgan fingerprint density at radius 1 is 1.24 bits per heavy atom. The molecule has 2 saturated heterocycles. The van der Waals surface area contributed by atoms with E-state index in [1.807, 2.05) is 18.0 Å². The second-order valence-corrected chi connectivity index (χ2v) is 9.31. The molecule has 0 saturated carbocycles. The number of carbonyl (C=O) groups is 1. The largest absolute Gasteiger partial charge is 0.450 e. The molecule has 3 aliphatic rings. The Hall–Kier alpha value is -1.82. The van der Waals surface area contributed by atoms with Gasteiger partial charge in [-0.05, 0) is 71.5 Å². The number of aromatic nitrogens is 1. The van der Waals surface area contributed by atoms with Crippen molar-refractivity contribution in [3.8, 4) is 0 Å². The minimum atomic E-state index is -0.144. The molecular formula is C23H36N4O2. The first-order valence-electron chi connectivity index (χ1n) is 11.4. The average Bonchev–Trinajstić information content (AvgIpc) is 3.05. The zero-order chi connectivity index (χ0) is 20.4. The highest BCUT2D eigenvalue weighted by atomic mass is 16.6. The normalized spacial score (nSPS) is 22.3. The number of nitrogens with zero attached hydrogens (tertiary/aromatic N) is 4. The van der Waals surface area contributed by atoms with Crippen LogP contribution in [0.2, 0.25) is 0 Å². The maximum Gasteiger partial charge on any atom is 0.409 e. The molecular weight excluding hydrogens is 364 g/mol. The van der Waals surface area contributed by atoms with Gasteiger partial charge >= 0.3 is 6.09 Å². The van der Waals surface area contributed by atoms with Gasteiger partial charge in [0.2, 0.25) is 0 Å². The van der Waals surface area contributed by atoms with E-state index in [-0.39, 0.29) is 11.5 Å². The zero-order valence-electron chi connectivity index (χ0n) is 18.3. The van der Waals surface area contributed by atoms with Crippen LogP contribution in [0.4, 0.5) is 10.6 Å². The van der Waals surface area contributed by atoms with E-state index in [2.05, 4.69) is 35.8 Å². The van der Waals surface area contributed by atoms with Crippen LogP contribution >= 0.6 is 0 Å². The summed E-state index contributed by atoms with van der Waals surface area (Å²) in [5.41, 5.74) is 1.74. The summed E-state index contributed by atoms with van der Waals surface area (Å²) in [4.78, 5) is 23.6. The van der Waals surface area contributed by atoms with Crippen molar-refractivity contribution in [2.75, 3.05) is 50.8 Å². The van der Waals surface area contributed by atoms with Gasteiger partial charge < -0.3 is 19.4 Å². The number of likely N-dealkylation sites (tertiary alicyclic amines) is 2. The van der Waals surface area contributed by atoms with Crippen molar-refractivity contribution in [2.45, 2.75) is 57.9 Å². The van der Waals surface area contributed by atoms with Gasteiger partial charge in [-0.3, -0.25) is 0 Å². The van der Waals surface area contributed by atoms with Gasteiger partial charge in [0.1, 0.15) is 5.82 Å². The molecule has 0 radical (unpaired) electrons. The summed E-state index contributed by atoms with van der Waals surface area (Å²) in [6.07, 6.45) is 6.41. The number of pyridine rings is 1. The van der Waals surface area contributed by atoms with Crippen molar-refractivity contribution >= 4 is 11.9 Å². The molecule has 1 aromatic heterocycles. The van der Waals surface area contributed by atoms with E-state index in [1.54, 1.807) is 0 Å². The van der Waals surface area contributed by atoms with Gasteiger partial charge in [0.15, 0.2) is 0 Å². The van der Waals surface area contributed by atoms with E-state index in [0.29, 0.717) is 18.6 Å². The fourth-order valence-corrected chi connectivity index (χ4v) is 5.42. The predicted octanol–water partition coefficient (Wildman–Crippen LogP) is 3.51. The summed E-state index contributed by atoms with van der Waals surface area (Å²) in [5, 5.41) is 0. The summed E-state index contributed by atoms with van der Waals surface area (Å²) in [5.74, 6) is 1.90. The molecule has 6 nitrogen and oxygen atoms in total. The first-order valence-corrected chi connectivity index (χ1v) is 11.4. The molecule has 0 unspecified atom stereocenters. The molecule has 1 aromatic rings. The van der Waals surface area contributed by atoms with Crippen LogP contribution in [-0.2, 0) is 10.2 Å².